The Labute approximate surface area is 95.5 Å². The summed E-state index contributed by atoms with van der Waals surface area (Å²) in [6, 6.07) is 0. The van der Waals surface area contributed by atoms with Crippen LogP contribution >= 0.6 is 0 Å². The molecule has 85 valence electrons. The molecule has 0 aliphatic heterocycles. The fourth-order valence-corrected chi connectivity index (χ4v) is 2.20. The van der Waals surface area contributed by atoms with E-state index in [9.17, 15) is 0 Å². The van der Waals surface area contributed by atoms with Gasteiger partial charge in [-0.15, -0.1) is 0 Å². The Morgan fingerprint density at radius 2 is 2.07 bits per heavy atom. The molecule has 0 aromatic heterocycles. The van der Waals surface area contributed by atoms with E-state index in [2.05, 4.69) is 40.2 Å². The standard InChI is InChI=1S/C15H25/c1-5-6-9-14-10-7-8-13(4)15(14)11-12(2)3/h8,10,12H,5-7,9,11H2,1-4H3. The van der Waals surface area contributed by atoms with Gasteiger partial charge < -0.3 is 0 Å². The lowest BCUT2D eigenvalue weighted by Gasteiger charge is -2.21. The molecular formula is C15H25. The molecule has 0 atom stereocenters. The van der Waals surface area contributed by atoms with Crippen molar-refractivity contribution in [2.75, 3.05) is 0 Å². The maximum Gasteiger partial charge on any atom is -0.00966 e. The molecule has 0 amide bonds. The molecular weight excluding hydrogens is 180 g/mol. The highest BCUT2D eigenvalue weighted by Gasteiger charge is 2.14. The minimum absolute atomic E-state index is 0.770. The average molecular weight is 205 g/mol. The molecule has 0 heterocycles. The molecule has 0 aromatic rings. The van der Waals surface area contributed by atoms with Gasteiger partial charge in [-0.2, -0.15) is 0 Å². The Morgan fingerprint density at radius 1 is 1.33 bits per heavy atom. The van der Waals surface area contributed by atoms with Gasteiger partial charge in [-0.3, -0.25) is 0 Å². The number of unbranched alkanes of at least 4 members (excludes halogenated alkanes) is 1. The molecule has 0 nitrogen and oxygen atoms in total. The fourth-order valence-electron chi connectivity index (χ4n) is 2.20. The predicted octanol–water partition coefficient (Wildman–Crippen LogP) is 5.07. The number of hydrogen-bond donors (Lipinski definition) is 0. The highest BCUT2D eigenvalue weighted by atomic mass is 14.2. The van der Waals surface area contributed by atoms with E-state index >= 15 is 0 Å². The summed E-state index contributed by atoms with van der Waals surface area (Å²) < 4.78 is 0. The van der Waals surface area contributed by atoms with E-state index in [4.69, 9.17) is 0 Å². The number of rotatable bonds is 5. The smallest absolute Gasteiger partial charge is 0.00966 e. The summed E-state index contributed by atoms with van der Waals surface area (Å²) in [6.45, 7) is 9.17. The van der Waals surface area contributed by atoms with Gasteiger partial charge in [0.05, 0.1) is 0 Å². The van der Waals surface area contributed by atoms with Crippen molar-refractivity contribution in [3.05, 3.63) is 29.2 Å². The van der Waals surface area contributed by atoms with Gasteiger partial charge in [-0.1, -0.05) is 38.8 Å². The third kappa shape index (κ3) is 3.85. The summed E-state index contributed by atoms with van der Waals surface area (Å²) >= 11 is 0. The zero-order valence-corrected chi connectivity index (χ0v) is 10.8. The number of allylic oxidation sites excluding steroid dienone is 4. The predicted molar refractivity (Wildman–Crippen MR) is 68.7 cm³/mol. The zero-order chi connectivity index (χ0) is 11.3. The van der Waals surface area contributed by atoms with E-state index in [0.29, 0.717) is 0 Å². The van der Waals surface area contributed by atoms with Crippen molar-refractivity contribution >= 4 is 0 Å². The maximum absolute atomic E-state index is 2.43. The van der Waals surface area contributed by atoms with Gasteiger partial charge in [0.25, 0.3) is 0 Å². The van der Waals surface area contributed by atoms with E-state index in [1.165, 1.54) is 31.3 Å². The molecule has 0 heteroatoms. The largest absolute Gasteiger partial charge is 0.0804 e. The highest BCUT2D eigenvalue weighted by molar-refractivity contribution is 5.42. The summed E-state index contributed by atoms with van der Waals surface area (Å²) in [7, 11) is 0. The average Bonchev–Trinajstić information content (AvgIpc) is 2.18. The quantitative estimate of drug-likeness (QED) is 0.587. The monoisotopic (exact) mass is 205 g/mol. The second-order valence-electron chi connectivity index (χ2n) is 5.03. The van der Waals surface area contributed by atoms with E-state index < -0.39 is 0 Å². The van der Waals surface area contributed by atoms with E-state index in [1.54, 1.807) is 11.1 Å². The van der Waals surface area contributed by atoms with Crippen LogP contribution in [0.15, 0.2) is 22.8 Å². The lowest BCUT2D eigenvalue weighted by atomic mass is 9.84. The molecule has 0 aromatic carbocycles. The van der Waals surface area contributed by atoms with Crippen LogP contribution in [0.1, 0.15) is 59.8 Å². The molecule has 1 radical (unpaired) electrons. The minimum atomic E-state index is 0.770. The molecule has 0 fully saturated rings. The normalized spacial score (nSPS) is 17.3. The van der Waals surface area contributed by atoms with Crippen LogP contribution in [0.5, 0.6) is 0 Å². The Morgan fingerprint density at radius 3 is 2.67 bits per heavy atom. The molecule has 0 spiro atoms. The Bertz CT molecular complexity index is 253. The Hall–Kier alpha value is -0.520. The molecule has 0 saturated heterocycles. The van der Waals surface area contributed by atoms with Crippen LogP contribution in [0.2, 0.25) is 0 Å². The van der Waals surface area contributed by atoms with Crippen molar-refractivity contribution in [3.8, 4) is 0 Å². The molecule has 15 heavy (non-hydrogen) atoms. The van der Waals surface area contributed by atoms with Crippen molar-refractivity contribution in [3.63, 3.8) is 0 Å². The van der Waals surface area contributed by atoms with E-state index in [-0.39, 0.29) is 0 Å². The van der Waals surface area contributed by atoms with Gasteiger partial charge >= 0.3 is 0 Å². The third-order valence-corrected chi connectivity index (χ3v) is 3.06. The van der Waals surface area contributed by atoms with Crippen molar-refractivity contribution in [2.45, 2.75) is 59.8 Å². The van der Waals surface area contributed by atoms with Crippen molar-refractivity contribution in [2.24, 2.45) is 5.92 Å². The Balaban J connectivity index is 2.70. The number of hydrogen-bond acceptors (Lipinski definition) is 0. The molecule has 0 saturated carbocycles. The summed E-state index contributed by atoms with van der Waals surface area (Å²) in [6.07, 6.45) is 11.1. The van der Waals surface area contributed by atoms with Gasteiger partial charge in [0, 0.05) is 0 Å². The molecule has 0 bridgehead atoms. The second kappa shape index (κ2) is 6.15. The topological polar surface area (TPSA) is 0 Å². The van der Waals surface area contributed by atoms with Crippen LogP contribution in [0.25, 0.3) is 0 Å². The minimum Gasteiger partial charge on any atom is -0.0804 e. The molecule has 1 aliphatic carbocycles. The van der Waals surface area contributed by atoms with Crippen LogP contribution in [0.3, 0.4) is 0 Å². The first-order valence-corrected chi connectivity index (χ1v) is 6.37. The summed E-state index contributed by atoms with van der Waals surface area (Å²) in [5, 5.41) is 0. The van der Waals surface area contributed by atoms with E-state index in [0.717, 1.165) is 12.3 Å². The third-order valence-electron chi connectivity index (χ3n) is 3.06. The zero-order valence-electron chi connectivity index (χ0n) is 10.8. The van der Waals surface area contributed by atoms with Gasteiger partial charge in [0.2, 0.25) is 0 Å². The van der Waals surface area contributed by atoms with Crippen molar-refractivity contribution in [1.82, 2.24) is 0 Å². The van der Waals surface area contributed by atoms with Gasteiger partial charge in [0.1, 0.15) is 0 Å². The summed E-state index contributed by atoms with van der Waals surface area (Å²) in [5.41, 5.74) is 4.78. The van der Waals surface area contributed by atoms with Crippen LogP contribution in [0.4, 0.5) is 0 Å². The lowest BCUT2D eigenvalue weighted by Crippen LogP contribution is -2.04. The van der Waals surface area contributed by atoms with E-state index in [1.807, 2.05) is 0 Å². The van der Waals surface area contributed by atoms with Crippen molar-refractivity contribution in [1.29, 1.82) is 0 Å². The first-order valence-electron chi connectivity index (χ1n) is 6.37. The van der Waals surface area contributed by atoms with Gasteiger partial charge in [-0.25, -0.2) is 0 Å². The van der Waals surface area contributed by atoms with Gasteiger partial charge in [0.15, 0.2) is 0 Å². The van der Waals surface area contributed by atoms with Crippen LogP contribution in [-0.2, 0) is 0 Å². The first-order chi connectivity index (χ1) is 7.15. The summed E-state index contributed by atoms with van der Waals surface area (Å²) in [4.78, 5) is 0. The fraction of sp³-hybridized carbons (Fsp3) is 0.667. The lowest BCUT2D eigenvalue weighted by molar-refractivity contribution is 0.632. The summed E-state index contributed by atoms with van der Waals surface area (Å²) in [5.74, 6) is 0.770. The molecule has 0 unspecified atom stereocenters. The van der Waals surface area contributed by atoms with Crippen molar-refractivity contribution < 1.29 is 0 Å². The molecule has 1 aliphatic rings. The molecule has 0 N–H and O–H groups in total. The van der Waals surface area contributed by atoms with Crippen LogP contribution in [-0.4, -0.2) is 0 Å². The second-order valence-corrected chi connectivity index (χ2v) is 5.03. The highest BCUT2D eigenvalue weighted by Crippen LogP contribution is 2.32. The molecule has 1 rings (SSSR count). The Kier molecular flexibility index (Phi) is 5.14. The van der Waals surface area contributed by atoms with Gasteiger partial charge in [-0.05, 0) is 56.1 Å². The SMILES string of the molecule is CCCCC1=CC[CH]C(C)=C1CC(C)C. The van der Waals surface area contributed by atoms with Crippen LogP contribution < -0.4 is 0 Å². The van der Waals surface area contributed by atoms with Crippen LogP contribution in [0, 0.1) is 12.3 Å². The maximum atomic E-state index is 2.43. The first kappa shape index (κ1) is 12.5.